The maximum absolute atomic E-state index is 12.8. The van der Waals surface area contributed by atoms with Gasteiger partial charge in [0.1, 0.15) is 5.82 Å². The zero-order valence-corrected chi connectivity index (χ0v) is 6.16. The molecule has 2 N–H and O–H groups in total. The van der Waals surface area contributed by atoms with E-state index in [1.165, 1.54) is 12.1 Å². The first-order chi connectivity index (χ1) is 5.59. The Balaban J connectivity index is 2.97. The van der Waals surface area contributed by atoms with E-state index in [0.717, 1.165) is 6.07 Å². The van der Waals surface area contributed by atoms with Crippen molar-refractivity contribution in [3.8, 4) is 0 Å². The highest BCUT2D eigenvalue weighted by Crippen LogP contribution is 2.12. The van der Waals surface area contributed by atoms with Crippen LogP contribution in [0.3, 0.4) is 0 Å². The van der Waals surface area contributed by atoms with E-state index < -0.39 is 17.3 Å². The molecule has 1 aromatic carbocycles. The quantitative estimate of drug-likeness (QED) is 0.411. The molecular weight excluding hydrogens is 163 g/mol. The van der Waals surface area contributed by atoms with E-state index in [2.05, 4.69) is 0 Å². The van der Waals surface area contributed by atoms with Crippen molar-refractivity contribution >= 4 is 5.69 Å². The summed E-state index contributed by atoms with van der Waals surface area (Å²) in [5.74, 6) is -0.596. The summed E-state index contributed by atoms with van der Waals surface area (Å²) < 4.78 is 12.8. The van der Waals surface area contributed by atoms with E-state index in [4.69, 9.17) is 5.73 Å². The van der Waals surface area contributed by atoms with E-state index >= 15 is 0 Å². The number of benzene rings is 1. The molecule has 0 unspecified atom stereocenters. The molecule has 0 spiro atoms. The number of nitro groups is 1. The third-order valence-corrected chi connectivity index (χ3v) is 1.37. The van der Waals surface area contributed by atoms with Gasteiger partial charge >= 0.3 is 0 Å². The lowest BCUT2D eigenvalue weighted by molar-refractivity contribution is -0.497. The van der Waals surface area contributed by atoms with Gasteiger partial charge in [-0.3, -0.25) is 10.1 Å². The van der Waals surface area contributed by atoms with Gasteiger partial charge in [-0.2, -0.15) is 0 Å². The molecule has 0 aliphatic carbocycles. The molecule has 0 bridgehead atoms. The lowest BCUT2D eigenvalue weighted by atomic mass is 10.2. The molecule has 1 rings (SSSR count). The monoisotopic (exact) mass is 170 g/mol. The van der Waals surface area contributed by atoms with E-state index in [1.807, 2.05) is 0 Å². The van der Waals surface area contributed by atoms with Crippen molar-refractivity contribution in [3.05, 3.63) is 39.7 Å². The summed E-state index contributed by atoms with van der Waals surface area (Å²) in [4.78, 5) is 9.43. The van der Waals surface area contributed by atoms with Crippen molar-refractivity contribution in [1.82, 2.24) is 0 Å². The molecule has 0 radical (unpaired) electrons. The Kier molecular flexibility index (Phi) is 2.23. The summed E-state index contributed by atoms with van der Waals surface area (Å²) in [6.07, 6.45) is 0. The molecule has 0 saturated carbocycles. The fraction of sp³-hybridized carbons (Fsp3) is 0.143. The summed E-state index contributed by atoms with van der Waals surface area (Å²) in [5, 5.41) is 10.0. The van der Waals surface area contributed by atoms with Crippen LogP contribution in [0.5, 0.6) is 0 Å². The van der Waals surface area contributed by atoms with E-state index in [0.29, 0.717) is 5.69 Å². The molecule has 12 heavy (non-hydrogen) atoms. The smallest absolute Gasteiger partial charge is 0.231 e. The third kappa shape index (κ3) is 1.91. The van der Waals surface area contributed by atoms with Gasteiger partial charge in [0.25, 0.3) is 0 Å². The van der Waals surface area contributed by atoms with Crippen LogP contribution in [0.25, 0.3) is 0 Å². The summed E-state index contributed by atoms with van der Waals surface area (Å²) in [6.45, 7) is -0.531. The Bertz CT molecular complexity index is 314. The van der Waals surface area contributed by atoms with Crippen molar-refractivity contribution in [2.75, 3.05) is 5.73 Å². The maximum atomic E-state index is 12.8. The lowest BCUT2D eigenvalue weighted by Gasteiger charge is -1.98. The number of nitrogens with zero attached hydrogens (tertiary/aromatic N) is 1. The van der Waals surface area contributed by atoms with Crippen LogP contribution in [0.1, 0.15) is 5.56 Å². The van der Waals surface area contributed by atoms with Crippen LogP contribution in [0.15, 0.2) is 18.2 Å². The second-order valence-electron chi connectivity index (χ2n) is 2.34. The molecule has 1 aromatic rings. The van der Waals surface area contributed by atoms with Crippen LogP contribution in [-0.2, 0) is 6.54 Å². The average Bonchev–Trinajstić information content (AvgIpc) is 1.96. The second kappa shape index (κ2) is 3.17. The lowest BCUT2D eigenvalue weighted by Crippen LogP contribution is -2.01. The predicted molar refractivity (Wildman–Crippen MR) is 41.5 cm³/mol. The molecule has 64 valence electrons. The van der Waals surface area contributed by atoms with Gasteiger partial charge in [-0.1, -0.05) is 0 Å². The van der Waals surface area contributed by atoms with Crippen molar-refractivity contribution < 1.29 is 9.31 Å². The molecule has 4 nitrogen and oxygen atoms in total. The fourth-order valence-corrected chi connectivity index (χ4v) is 0.855. The Morgan fingerprint density at radius 1 is 1.58 bits per heavy atom. The summed E-state index contributed by atoms with van der Waals surface area (Å²) >= 11 is 0. The van der Waals surface area contributed by atoms with Gasteiger partial charge in [0.2, 0.25) is 6.54 Å². The van der Waals surface area contributed by atoms with Gasteiger partial charge in [0.15, 0.2) is 0 Å². The Labute approximate surface area is 68.0 Å². The number of hydrogen-bond acceptors (Lipinski definition) is 3. The molecule has 0 amide bonds. The van der Waals surface area contributed by atoms with Gasteiger partial charge in [0, 0.05) is 10.6 Å². The minimum Gasteiger partial charge on any atom is -0.399 e. The Morgan fingerprint density at radius 3 is 2.83 bits per heavy atom. The van der Waals surface area contributed by atoms with Crippen LogP contribution < -0.4 is 5.73 Å². The minimum absolute atomic E-state index is 0.0139. The molecule has 0 fully saturated rings. The highest BCUT2D eigenvalue weighted by molar-refractivity contribution is 5.41. The Hall–Kier alpha value is -1.65. The average molecular weight is 170 g/mol. The first-order valence-corrected chi connectivity index (χ1v) is 3.25. The number of nitrogen functional groups attached to an aromatic ring is 1. The van der Waals surface area contributed by atoms with Crippen LogP contribution in [0.2, 0.25) is 0 Å². The summed E-state index contributed by atoms with van der Waals surface area (Å²) in [5.41, 5.74) is 5.65. The normalized spacial score (nSPS) is 9.75. The number of nitrogens with two attached hydrogens (primary N) is 1. The van der Waals surface area contributed by atoms with Crippen molar-refractivity contribution in [2.24, 2.45) is 0 Å². The number of halogens is 1. The maximum Gasteiger partial charge on any atom is 0.231 e. The molecule has 0 aromatic heterocycles. The summed E-state index contributed by atoms with van der Waals surface area (Å²) in [7, 11) is 0. The Morgan fingerprint density at radius 2 is 2.25 bits per heavy atom. The topological polar surface area (TPSA) is 69.2 Å². The fourth-order valence-electron chi connectivity index (χ4n) is 0.855. The zero-order chi connectivity index (χ0) is 9.14. The SMILES string of the molecule is Nc1ccc(F)c(C[N+](=O)[O-])c1. The van der Waals surface area contributed by atoms with Crippen LogP contribution >= 0.6 is 0 Å². The number of rotatable bonds is 2. The predicted octanol–water partition coefficient (Wildman–Crippen LogP) is 1.18. The standard InChI is InChI=1S/C7H7FN2O2/c8-7-2-1-6(9)3-5(7)4-10(11)12/h1-3H,4,9H2. The van der Waals surface area contributed by atoms with E-state index in [9.17, 15) is 14.5 Å². The van der Waals surface area contributed by atoms with Gasteiger partial charge in [-0.15, -0.1) is 0 Å². The highest BCUT2D eigenvalue weighted by Gasteiger charge is 2.07. The summed E-state index contributed by atoms with van der Waals surface area (Å²) in [6, 6.07) is 3.74. The molecule has 0 saturated heterocycles. The molecule has 5 heteroatoms. The van der Waals surface area contributed by atoms with E-state index in [1.54, 1.807) is 0 Å². The van der Waals surface area contributed by atoms with Crippen LogP contribution in [0.4, 0.5) is 10.1 Å². The minimum atomic E-state index is -0.599. The van der Waals surface area contributed by atoms with Crippen molar-refractivity contribution in [2.45, 2.75) is 6.54 Å². The zero-order valence-electron chi connectivity index (χ0n) is 6.16. The first kappa shape index (κ1) is 8.45. The van der Waals surface area contributed by atoms with Gasteiger partial charge in [-0.05, 0) is 18.2 Å². The molecule has 0 heterocycles. The van der Waals surface area contributed by atoms with Gasteiger partial charge < -0.3 is 5.73 Å². The van der Waals surface area contributed by atoms with Gasteiger partial charge in [-0.25, -0.2) is 4.39 Å². The van der Waals surface area contributed by atoms with Crippen LogP contribution in [0, 0.1) is 15.9 Å². The third-order valence-electron chi connectivity index (χ3n) is 1.37. The number of hydrogen-bond donors (Lipinski definition) is 1. The van der Waals surface area contributed by atoms with Crippen LogP contribution in [-0.4, -0.2) is 4.92 Å². The molecule has 0 atom stereocenters. The second-order valence-corrected chi connectivity index (χ2v) is 2.34. The largest absolute Gasteiger partial charge is 0.399 e. The molecule has 0 aliphatic heterocycles. The van der Waals surface area contributed by atoms with Crippen molar-refractivity contribution in [3.63, 3.8) is 0 Å². The molecule has 0 aliphatic rings. The van der Waals surface area contributed by atoms with Crippen molar-refractivity contribution in [1.29, 1.82) is 0 Å². The first-order valence-electron chi connectivity index (χ1n) is 3.25. The van der Waals surface area contributed by atoms with E-state index in [-0.39, 0.29) is 5.56 Å². The van der Waals surface area contributed by atoms with Gasteiger partial charge in [0.05, 0.1) is 5.56 Å². The molecular formula is C7H7FN2O2. The number of anilines is 1. The highest BCUT2D eigenvalue weighted by atomic mass is 19.1.